The van der Waals surface area contributed by atoms with E-state index in [2.05, 4.69) is 15.2 Å². The second-order valence-corrected chi connectivity index (χ2v) is 2.83. The van der Waals surface area contributed by atoms with E-state index in [0.717, 1.165) is 6.07 Å². The second-order valence-electron chi connectivity index (χ2n) is 2.83. The average Bonchev–Trinajstić information content (AvgIpc) is 2.67. The molecule has 1 radical (unpaired) electrons. The first-order valence-corrected chi connectivity index (χ1v) is 4.06. The van der Waals surface area contributed by atoms with Crippen molar-refractivity contribution in [3.05, 3.63) is 36.2 Å². The fourth-order valence-electron chi connectivity index (χ4n) is 1.07. The average molecular weight is 402 g/mol. The SMILES string of the molecule is FC(F)(F)c1cc(-c2ccccn2)[n-]n1.[Os+]. The van der Waals surface area contributed by atoms with Crippen LogP contribution in [0.1, 0.15) is 5.69 Å². The Bertz CT molecular complexity index is 453. The van der Waals surface area contributed by atoms with Gasteiger partial charge in [-0.3, -0.25) is 4.98 Å². The molecule has 3 nitrogen and oxygen atoms in total. The minimum atomic E-state index is -4.46. The van der Waals surface area contributed by atoms with Crippen LogP contribution >= 0.6 is 0 Å². The molecule has 0 N–H and O–H groups in total. The number of alkyl halides is 3. The topological polar surface area (TPSA) is 39.9 Å². The van der Waals surface area contributed by atoms with Crippen LogP contribution in [-0.2, 0) is 26.0 Å². The molecule has 2 rings (SSSR count). The molecule has 0 aliphatic heterocycles. The number of aromatic nitrogens is 3. The third-order valence-electron chi connectivity index (χ3n) is 1.76. The van der Waals surface area contributed by atoms with Crippen LogP contribution in [0.5, 0.6) is 0 Å². The zero-order valence-corrected chi connectivity index (χ0v) is 10.3. The van der Waals surface area contributed by atoms with Gasteiger partial charge in [0.1, 0.15) is 5.69 Å². The molecule has 0 bridgehead atoms. The smallest absolute Gasteiger partial charge is 0.573 e. The van der Waals surface area contributed by atoms with E-state index in [1.807, 2.05) is 0 Å². The van der Waals surface area contributed by atoms with Crippen LogP contribution in [0.3, 0.4) is 0 Å². The van der Waals surface area contributed by atoms with E-state index >= 15 is 0 Å². The summed E-state index contributed by atoms with van der Waals surface area (Å²) in [6.45, 7) is 0. The van der Waals surface area contributed by atoms with Crippen molar-refractivity contribution in [2.24, 2.45) is 0 Å². The molecule has 0 atom stereocenters. The van der Waals surface area contributed by atoms with Gasteiger partial charge in [-0.05, 0) is 18.2 Å². The van der Waals surface area contributed by atoms with Gasteiger partial charge >= 0.3 is 26.0 Å². The zero-order chi connectivity index (χ0) is 10.9. The van der Waals surface area contributed by atoms with E-state index < -0.39 is 11.9 Å². The summed E-state index contributed by atoms with van der Waals surface area (Å²) in [5.74, 6) is 0. The van der Waals surface area contributed by atoms with Crippen LogP contribution in [-0.4, -0.2) is 10.1 Å². The zero-order valence-electron chi connectivity index (χ0n) is 7.72. The monoisotopic (exact) mass is 404 g/mol. The Labute approximate surface area is 102 Å². The van der Waals surface area contributed by atoms with Crippen molar-refractivity contribution in [3.8, 4) is 11.4 Å². The normalized spacial score (nSPS) is 10.9. The van der Waals surface area contributed by atoms with Gasteiger partial charge in [0.2, 0.25) is 0 Å². The number of pyridine rings is 1. The van der Waals surface area contributed by atoms with Gasteiger partial charge in [-0.2, -0.15) is 13.2 Å². The van der Waals surface area contributed by atoms with E-state index in [0.29, 0.717) is 5.69 Å². The first-order chi connectivity index (χ1) is 7.07. The molecular weight excluding hydrogens is 397 g/mol. The number of rotatable bonds is 1. The van der Waals surface area contributed by atoms with Crippen LogP contribution in [0, 0.1) is 0 Å². The van der Waals surface area contributed by atoms with Crippen LogP contribution in [0.2, 0.25) is 0 Å². The van der Waals surface area contributed by atoms with Gasteiger partial charge in [-0.25, -0.2) is 0 Å². The quantitative estimate of drug-likeness (QED) is 0.734. The summed E-state index contributed by atoms with van der Waals surface area (Å²) >= 11 is 0. The van der Waals surface area contributed by atoms with E-state index in [1.165, 1.54) is 6.20 Å². The molecule has 2 aromatic heterocycles. The molecule has 0 saturated heterocycles. The van der Waals surface area contributed by atoms with Crippen molar-refractivity contribution < 1.29 is 33.0 Å². The largest absolute Gasteiger partial charge is 1.00 e. The molecule has 0 spiro atoms. The number of hydrogen-bond donors (Lipinski definition) is 0. The van der Waals surface area contributed by atoms with Gasteiger partial charge in [-0.15, -0.1) is 0 Å². The molecule has 0 unspecified atom stereocenters. The molecular formula is C9H5F3N3Os. The maximum Gasteiger partial charge on any atom is 1.00 e. The van der Waals surface area contributed by atoms with Crippen molar-refractivity contribution in [2.75, 3.05) is 0 Å². The van der Waals surface area contributed by atoms with E-state index in [1.54, 1.807) is 18.2 Å². The van der Waals surface area contributed by atoms with Crippen LogP contribution < -0.4 is 5.10 Å². The molecule has 7 heteroatoms. The van der Waals surface area contributed by atoms with Crippen molar-refractivity contribution in [1.29, 1.82) is 0 Å². The third kappa shape index (κ3) is 2.67. The van der Waals surface area contributed by atoms with Crippen molar-refractivity contribution in [3.63, 3.8) is 0 Å². The number of halogens is 3. The number of hydrogen-bond acceptors (Lipinski definition) is 2. The molecule has 0 aliphatic carbocycles. The molecule has 16 heavy (non-hydrogen) atoms. The standard InChI is InChI=1S/C9H5F3N3.Os/c10-9(11,12)8-5-7(14-15-8)6-3-1-2-4-13-6;/h1-5H;/q-1;+1. The van der Waals surface area contributed by atoms with Crippen molar-refractivity contribution >= 4 is 0 Å². The Balaban J connectivity index is 0.00000128. The van der Waals surface area contributed by atoms with Gasteiger partial charge in [0.25, 0.3) is 0 Å². The van der Waals surface area contributed by atoms with Gasteiger partial charge in [-0.1, -0.05) is 11.8 Å². The number of nitrogens with zero attached hydrogens (tertiary/aromatic N) is 3. The summed E-state index contributed by atoms with van der Waals surface area (Å²) in [6.07, 6.45) is -2.97. The van der Waals surface area contributed by atoms with Gasteiger partial charge in [0.15, 0.2) is 0 Å². The Morgan fingerprint density at radius 3 is 2.44 bits per heavy atom. The van der Waals surface area contributed by atoms with Gasteiger partial charge in [0.05, 0.1) is 0 Å². The summed E-state index contributed by atoms with van der Waals surface area (Å²) in [7, 11) is 0. The maximum absolute atomic E-state index is 12.2. The van der Waals surface area contributed by atoms with Gasteiger partial charge < -0.3 is 10.2 Å². The minimum absolute atomic E-state index is 0. The second kappa shape index (κ2) is 4.75. The summed E-state index contributed by atoms with van der Waals surface area (Å²) in [5, 5.41) is 6.47. The fourth-order valence-corrected chi connectivity index (χ4v) is 1.07. The molecule has 0 saturated carbocycles. The summed E-state index contributed by atoms with van der Waals surface area (Å²) in [6, 6.07) is 5.79. The molecule has 2 aromatic rings. The third-order valence-corrected chi connectivity index (χ3v) is 1.76. The van der Waals surface area contributed by atoms with Crippen molar-refractivity contribution in [1.82, 2.24) is 15.2 Å². The van der Waals surface area contributed by atoms with Gasteiger partial charge in [0, 0.05) is 11.9 Å². The van der Waals surface area contributed by atoms with Crippen molar-refractivity contribution in [2.45, 2.75) is 6.18 Å². The first-order valence-electron chi connectivity index (χ1n) is 4.06. The Hall–Kier alpha value is -1.21. The first kappa shape index (κ1) is 12.9. The van der Waals surface area contributed by atoms with E-state index in [9.17, 15) is 13.2 Å². The maximum atomic E-state index is 12.2. The summed E-state index contributed by atoms with van der Waals surface area (Å²) in [4.78, 5) is 3.87. The summed E-state index contributed by atoms with van der Waals surface area (Å²) < 4.78 is 36.6. The molecule has 0 amide bonds. The predicted octanol–water partition coefficient (Wildman–Crippen LogP) is 2.12. The molecule has 0 aliphatic rings. The molecule has 85 valence electrons. The Morgan fingerprint density at radius 1 is 1.19 bits per heavy atom. The minimum Gasteiger partial charge on any atom is -0.573 e. The predicted molar refractivity (Wildman–Crippen MR) is 45.8 cm³/mol. The molecule has 0 fully saturated rings. The molecule has 2 heterocycles. The Kier molecular flexibility index (Phi) is 3.81. The molecule has 0 aromatic carbocycles. The summed E-state index contributed by atoms with van der Waals surface area (Å²) in [5.41, 5.74) is -0.494. The Morgan fingerprint density at radius 2 is 1.94 bits per heavy atom. The van der Waals surface area contributed by atoms with E-state index in [-0.39, 0.29) is 25.5 Å². The fraction of sp³-hybridized carbons (Fsp3) is 0.111. The van der Waals surface area contributed by atoms with Crippen LogP contribution in [0.4, 0.5) is 13.2 Å². The van der Waals surface area contributed by atoms with Crippen LogP contribution in [0.25, 0.3) is 11.4 Å². The van der Waals surface area contributed by atoms with Crippen LogP contribution in [0.15, 0.2) is 30.5 Å². The van der Waals surface area contributed by atoms with E-state index in [4.69, 9.17) is 0 Å².